The highest BCUT2D eigenvalue weighted by atomic mass is 32.1. The number of thiol groups is 1. The summed E-state index contributed by atoms with van der Waals surface area (Å²) in [6, 6.07) is 2.54. The Balaban J connectivity index is 1.49. The van der Waals surface area contributed by atoms with Gasteiger partial charge in [0.05, 0.1) is 30.0 Å². The molecule has 13 nitrogen and oxygen atoms in total. The number of piperidine rings is 1. The van der Waals surface area contributed by atoms with E-state index in [1.165, 1.54) is 26.3 Å². The van der Waals surface area contributed by atoms with E-state index in [0.29, 0.717) is 5.56 Å². The average molecular weight is 647 g/mol. The number of carbonyl (C=O) groups excluding carboxylic acids is 2. The molecule has 2 aliphatic carbocycles. The highest BCUT2D eigenvalue weighted by molar-refractivity contribution is 7.96. The van der Waals surface area contributed by atoms with Crippen molar-refractivity contribution in [1.82, 2.24) is 10.4 Å². The maximum Gasteiger partial charge on any atom is 0.340 e. The van der Waals surface area contributed by atoms with Gasteiger partial charge in [-0.05, 0) is 50.3 Å². The minimum Gasteiger partial charge on any atom is -0.508 e. The average Bonchev–Trinajstić information content (AvgIpc) is 3.02. The molecular weight excluding hydrogens is 616 g/mol. The Bertz CT molecular complexity index is 1930. The second-order valence-electron chi connectivity index (χ2n) is 11.3. The normalized spacial score (nSPS) is 16.1. The molecule has 1 aliphatic heterocycles. The summed E-state index contributed by atoms with van der Waals surface area (Å²) in [5.41, 5.74) is 1.76. The van der Waals surface area contributed by atoms with Crippen LogP contribution < -0.4 is 10.2 Å². The van der Waals surface area contributed by atoms with E-state index >= 15 is 0 Å². The van der Waals surface area contributed by atoms with Crippen molar-refractivity contribution < 1.29 is 44.7 Å². The lowest BCUT2D eigenvalue weighted by Crippen LogP contribution is -2.43. The summed E-state index contributed by atoms with van der Waals surface area (Å²) < 4.78 is 5.61. The van der Waals surface area contributed by atoms with Crippen LogP contribution in [0.1, 0.15) is 83.7 Å². The number of hydrazine groups is 1. The lowest BCUT2D eigenvalue weighted by Gasteiger charge is -2.30. The van der Waals surface area contributed by atoms with Crippen molar-refractivity contribution in [3.05, 3.63) is 62.2 Å². The van der Waals surface area contributed by atoms with Crippen LogP contribution in [0.5, 0.6) is 28.7 Å². The number of hydrogen-bond acceptors (Lipinski definition) is 11. The van der Waals surface area contributed by atoms with Crippen molar-refractivity contribution in [2.75, 3.05) is 20.2 Å². The molecule has 0 spiro atoms. The van der Waals surface area contributed by atoms with Crippen molar-refractivity contribution in [3.63, 3.8) is 0 Å². The zero-order chi connectivity index (χ0) is 33.0. The first kappa shape index (κ1) is 30.9. The highest BCUT2D eigenvalue weighted by Crippen LogP contribution is 2.54. The van der Waals surface area contributed by atoms with Gasteiger partial charge in [0.25, 0.3) is 0 Å². The van der Waals surface area contributed by atoms with Crippen LogP contribution in [-0.4, -0.2) is 79.7 Å². The number of carboxylic acids is 1. The predicted molar refractivity (Wildman–Crippen MR) is 170 cm³/mol. The van der Waals surface area contributed by atoms with Crippen molar-refractivity contribution in [2.45, 2.75) is 39.0 Å². The van der Waals surface area contributed by atoms with E-state index in [4.69, 9.17) is 4.74 Å². The second kappa shape index (κ2) is 11.7. The van der Waals surface area contributed by atoms with Gasteiger partial charge in [-0.1, -0.05) is 6.42 Å². The summed E-state index contributed by atoms with van der Waals surface area (Å²) in [5.74, 6) is -5.57. The molecule has 14 heteroatoms. The molecule has 1 heterocycles. The number of benzene rings is 3. The Hall–Kier alpha value is -5.08. The lowest BCUT2D eigenvalue weighted by molar-refractivity contribution is 0.0693. The molecule has 3 aromatic carbocycles. The molecule has 238 valence electrons. The number of fused-ring (bicyclic) bond motifs is 5. The van der Waals surface area contributed by atoms with E-state index in [-0.39, 0.29) is 68.3 Å². The van der Waals surface area contributed by atoms with Gasteiger partial charge in [-0.3, -0.25) is 15.0 Å². The molecule has 0 unspecified atom stereocenters. The van der Waals surface area contributed by atoms with Crippen LogP contribution in [-0.2, 0) is 12.8 Å². The van der Waals surface area contributed by atoms with Crippen molar-refractivity contribution in [1.29, 1.82) is 0 Å². The molecule has 6 N–H and O–H groups in total. The fraction of sp³-hybridized carbons (Fsp3) is 0.281. The third-order valence-corrected chi connectivity index (χ3v) is 8.86. The summed E-state index contributed by atoms with van der Waals surface area (Å²) in [7, 11) is 1.27. The molecule has 0 radical (unpaired) electrons. The van der Waals surface area contributed by atoms with Crippen molar-refractivity contribution in [3.8, 4) is 39.9 Å². The molecule has 0 atom stereocenters. The first-order chi connectivity index (χ1) is 22.0. The van der Waals surface area contributed by atoms with Gasteiger partial charge in [0, 0.05) is 46.5 Å². The number of aryl methyl sites for hydroxylation is 1. The largest absolute Gasteiger partial charge is 0.508 e. The lowest BCUT2D eigenvalue weighted by atomic mass is 9.74. The minimum absolute atomic E-state index is 0.00145. The van der Waals surface area contributed by atoms with Crippen LogP contribution in [0.25, 0.3) is 11.1 Å². The third kappa shape index (κ3) is 4.81. The number of methoxy groups -OCH3 is 1. The molecule has 46 heavy (non-hydrogen) atoms. The summed E-state index contributed by atoms with van der Waals surface area (Å²) in [4.78, 5) is 40.0. The SMILES string of the molecule is COc1c2c(c(O)c3c1C(=O)c1c(cc(O)c(C)c1O)C3=O)-c1c(cc(/C=N/N=C(\S)NN3CCCCC3)c(C(=O)O)c1O)CC2. The fourth-order valence-corrected chi connectivity index (χ4v) is 6.67. The summed E-state index contributed by atoms with van der Waals surface area (Å²) in [5, 5.41) is 64.3. The number of rotatable bonds is 5. The third-order valence-electron chi connectivity index (χ3n) is 8.67. The van der Waals surface area contributed by atoms with E-state index in [0.717, 1.165) is 38.4 Å². The number of aromatic hydroxyl groups is 4. The first-order valence-corrected chi connectivity index (χ1v) is 15.0. The predicted octanol–water partition coefficient (Wildman–Crippen LogP) is 3.68. The van der Waals surface area contributed by atoms with Gasteiger partial charge in [-0.15, -0.1) is 17.7 Å². The Labute approximate surface area is 267 Å². The molecule has 1 fully saturated rings. The number of nitrogens with one attached hydrogen (secondary N) is 1. The maximum absolute atomic E-state index is 13.8. The van der Waals surface area contributed by atoms with Crippen LogP contribution in [0.4, 0.5) is 0 Å². The molecule has 6 rings (SSSR count). The second-order valence-corrected chi connectivity index (χ2v) is 11.7. The summed E-state index contributed by atoms with van der Waals surface area (Å²) in [6.07, 6.45) is 4.81. The molecular formula is C32H30N4O9S. The molecule has 0 bridgehead atoms. The van der Waals surface area contributed by atoms with Crippen LogP contribution in [0.2, 0.25) is 0 Å². The number of nitrogens with zero attached hydrogens (tertiary/aromatic N) is 3. The molecule has 3 aromatic rings. The van der Waals surface area contributed by atoms with Crippen LogP contribution in [0, 0.1) is 6.92 Å². The number of carbonyl (C=O) groups is 3. The van der Waals surface area contributed by atoms with Crippen LogP contribution >= 0.6 is 12.6 Å². The molecule has 3 aliphatic rings. The number of ketones is 2. The Morgan fingerprint density at radius 3 is 2.33 bits per heavy atom. The number of hydrogen-bond donors (Lipinski definition) is 7. The van der Waals surface area contributed by atoms with Gasteiger partial charge in [0.2, 0.25) is 5.78 Å². The zero-order valence-electron chi connectivity index (χ0n) is 24.8. The Morgan fingerprint density at radius 2 is 1.65 bits per heavy atom. The summed E-state index contributed by atoms with van der Waals surface area (Å²) in [6.45, 7) is 3.03. The number of phenolic OH excluding ortho intramolecular Hbond substituents is 3. The Kier molecular flexibility index (Phi) is 7.86. The minimum atomic E-state index is -1.48. The standard InChI is InChI=1S/C32H30N4O9S/c1-13-18(37)11-17-22(25(13)38)29(42)24-23(26(17)39)28(41)21-16(30(24)45-2)7-6-14-10-15(20(31(43)44)27(40)19(14)21)12-33-34-32(46)35-36-8-4-3-5-9-36/h10-12,37-38,40-41H,3-9H2,1-2H3,(H,43,44)(H2,34,35,46)/b33-12+. The maximum atomic E-state index is 13.8. The summed E-state index contributed by atoms with van der Waals surface area (Å²) >= 11 is 4.30. The van der Waals surface area contributed by atoms with Gasteiger partial charge < -0.3 is 30.3 Å². The highest BCUT2D eigenvalue weighted by Gasteiger charge is 2.42. The Morgan fingerprint density at radius 1 is 0.935 bits per heavy atom. The fourth-order valence-electron chi connectivity index (χ4n) is 6.48. The quantitative estimate of drug-likeness (QED) is 0.0722. The zero-order valence-corrected chi connectivity index (χ0v) is 25.7. The smallest absolute Gasteiger partial charge is 0.340 e. The van der Waals surface area contributed by atoms with Gasteiger partial charge in [0.15, 0.2) is 11.0 Å². The van der Waals surface area contributed by atoms with E-state index in [9.17, 15) is 39.9 Å². The van der Waals surface area contributed by atoms with Crippen LogP contribution in [0.15, 0.2) is 22.3 Å². The van der Waals surface area contributed by atoms with E-state index in [1.807, 2.05) is 5.01 Å². The number of phenols is 4. The first-order valence-electron chi connectivity index (χ1n) is 14.5. The molecule has 0 aromatic heterocycles. The van der Waals surface area contributed by atoms with Crippen LogP contribution in [0.3, 0.4) is 0 Å². The number of aromatic carboxylic acids is 1. The van der Waals surface area contributed by atoms with Gasteiger partial charge >= 0.3 is 5.97 Å². The monoisotopic (exact) mass is 646 g/mol. The van der Waals surface area contributed by atoms with E-state index in [2.05, 4.69) is 28.3 Å². The van der Waals surface area contributed by atoms with Gasteiger partial charge in [-0.2, -0.15) is 5.10 Å². The van der Waals surface area contributed by atoms with Gasteiger partial charge in [0.1, 0.15) is 34.3 Å². The van der Waals surface area contributed by atoms with Gasteiger partial charge in [-0.25, -0.2) is 9.80 Å². The number of carboxylic acid groups (broad SMARTS) is 1. The molecule has 0 amide bonds. The molecule has 0 saturated carbocycles. The van der Waals surface area contributed by atoms with E-state index < -0.39 is 51.7 Å². The van der Waals surface area contributed by atoms with Crippen molar-refractivity contribution >= 4 is 41.5 Å². The van der Waals surface area contributed by atoms with E-state index in [1.54, 1.807) is 0 Å². The number of ether oxygens (including phenoxy) is 1. The number of amidine groups is 1. The molecule has 1 saturated heterocycles. The topological polar surface area (TPSA) is 202 Å². The van der Waals surface area contributed by atoms with Crippen molar-refractivity contribution in [2.24, 2.45) is 10.2 Å².